The highest BCUT2D eigenvalue weighted by molar-refractivity contribution is 5.76. The third-order valence-corrected chi connectivity index (χ3v) is 3.78. The molecular formula is C15H24N4O2. The number of carbonyl (C=O) groups is 1. The highest BCUT2D eigenvalue weighted by Gasteiger charge is 2.18. The van der Waals surface area contributed by atoms with Crippen LogP contribution in [0.3, 0.4) is 0 Å². The molecule has 1 aliphatic heterocycles. The molecule has 2 N–H and O–H groups in total. The van der Waals surface area contributed by atoms with Gasteiger partial charge in [-0.05, 0) is 19.2 Å². The largest absolute Gasteiger partial charge is 0.394 e. The molecule has 0 unspecified atom stereocenters. The molecule has 0 bridgehead atoms. The molecule has 0 saturated carbocycles. The van der Waals surface area contributed by atoms with Crippen LogP contribution in [-0.4, -0.2) is 60.7 Å². The highest BCUT2D eigenvalue weighted by atomic mass is 16.3. The summed E-state index contributed by atoms with van der Waals surface area (Å²) in [4.78, 5) is 20.6. The molecule has 6 nitrogen and oxygen atoms in total. The number of nitrogens with one attached hydrogen (secondary N) is 1. The molecule has 0 aliphatic carbocycles. The standard InChI is InChI=1S/C15H24N4O2/c1-3-15(21)17-13(11-20)12-5-4-6-14(16-12)19-9-7-18(2)8-10-19/h4-6,13,20H,3,7-11H2,1-2H3,(H,17,21)/t13-/m1/s1. The normalized spacial score (nSPS) is 17.6. The molecule has 1 fully saturated rings. The second kappa shape index (κ2) is 7.38. The maximum atomic E-state index is 11.5. The Balaban J connectivity index is 2.10. The first-order chi connectivity index (χ1) is 10.1. The zero-order chi connectivity index (χ0) is 15.2. The Kier molecular flexibility index (Phi) is 5.52. The van der Waals surface area contributed by atoms with Gasteiger partial charge in [-0.1, -0.05) is 13.0 Å². The van der Waals surface area contributed by atoms with E-state index in [1.54, 1.807) is 6.92 Å². The van der Waals surface area contributed by atoms with Gasteiger partial charge in [0, 0.05) is 32.6 Å². The van der Waals surface area contributed by atoms with Crippen molar-refractivity contribution in [3.8, 4) is 0 Å². The minimum Gasteiger partial charge on any atom is -0.394 e. The quantitative estimate of drug-likeness (QED) is 0.822. The Bertz CT molecular complexity index is 472. The Morgan fingerprint density at radius 3 is 2.71 bits per heavy atom. The number of rotatable bonds is 5. The van der Waals surface area contributed by atoms with E-state index in [4.69, 9.17) is 0 Å². The Hall–Kier alpha value is -1.66. The molecule has 2 heterocycles. The molecule has 116 valence electrons. The van der Waals surface area contributed by atoms with Crippen LogP contribution in [0.25, 0.3) is 0 Å². The second-order valence-corrected chi connectivity index (χ2v) is 5.37. The van der Waals surface area contributed by atoms with Crippen molar-refractivity contribution in [3.63, 3.8) is 0 Å². The number of anilines is 1. The third-order valence-electron chi connectivity index (χ3n) is 3.78. The molecule has 6 heteroatoms. The Morgan fingerprint density at radius 1 is 1.38 bits per heavy atom. The van der Waals surface area contributed by atoms with Crippen molar-refractivity contribution in [2.24, 2.45) is 0 Å². The third kappa shape index (κ3) is 4.15. The molecular weight excluding hydrogens is 268 g/mol. The number of hydrogen-bond donors (Lipinski definition) is 2. The van der Waals surface area contributed by atoms with Crippen molar-refractivity contribution in [2.45, 2.75) is 19.4 Å². The van der Waals surface area contributed by atoms with Crippen LogP contribution in [0.4, 0.5) is 5.82 Å². The maximum absolute atomic E-state index is 11.5. The van der Waals surface area contributed by atoms with Gasteiger partial charge in [-0.25, -0.2) is 4.98 Å². The lowest BCUT2D eigenvalue weighted by Crippen LogP contribution is -2.45. The van der Waals surface area contributed by atoms with Gasteiger partial charge in [0.05, 0.1) is 18.3 Å². The lowest BCUT2D eigenvalue weighted by molar-refractivity contribution is -0.121. The number of carbonyl (C=O) groups excluding carboxylic acids is 1. The van der Waals surface area contributed by atoms with Crippen molar-refractivity contribution in [2.75, 3.05) is 44.7 Å². The van der Waals surface area contributed by atoms with Gasteiger partial charge in [-0.15, -0.1) is 0 Å². The average molecular weight is 292 g/mol. The molecule has 0 spiro atoms. The molecule has 1 saturated heterocycles. The summed E-state index contributed by atoms with van der Waals surface area (Å²) in [5.41, 5.74) is 0.704. The topological polar surface area (TPSA) is 68.7 Å². The average Bonchev–Trinajstić information content (AvgIpc) is 2.53. The van der Waals surface area contributed by atoms with Crippen molar-refractivity contribution < 1.29 is 9.90 Å². The van der Waals surface area contributed by atoms with E-state index in [0.717, 1.165) is 32.0 Å². The van der Waals surface area contributed by atoms with Crippen molar-refractivity contribution in [1.82, 2.24) is 15.2 Å². The van der Waals surface area contributed by atoms with Crippen LogP contribution in [0, 0.1) is 0 Å². The number of pyridine rings is 1. The fourth-order valence-corrected chi connectivity index (χ4v) is 2.35. The van der Waals surface area contributed by atoms with Gasteiger partial charge in [0.25, 0.3) is 0 Å². The first-order valence-corrected chi connectivity index (χ1v) is 7.44. The van der Waals surface area contributed by atoms with E-state index < -0.39 is 6.04 Å². The van der Waals surface area contributed by atoms with Crippen LogP contribution in [0.1, 0.15) is 25.1 Å². The van der Waals surface area contributed by atoms with Gasteiger partial charge in [0.1, 0.15) is 5.82 Å². The predicted octanol–water partition coefficient (Wildman–Crippen LogP) is 0.393. The van der Waals surface area contributed by atoms with Crippen molar-refractivity contribution in [3.05, 3.63) is 23.9 Å². The maximum Gasteiger partial charge on any atom is 0.220 e. The monoisotopic (exact) mass is 292 g/mol. The smallest absolute Gasteiger partial charge is 0.220 e. The van der Waals surface area contributed by atoms with Crippen LogP contribution in [0.5, 0.6) is 0 Å². The lowest BCUT2D eigenvalue weighted by Gasteiger charge is -2.33. The molecule has 1 aromatic heterocycles. The number of hydrogen-bond acceptors (Lipinski definition) is 5. The van der Waals surface area contributed by atoms with Crippen LogP contribution in [0.15, 0.2) is 18.2 Å². The van der Waals surface area contributed by atoms with E-state index in [-0.39, 0.29) is 12.5 Å². The molecule has 1 amide bonds. The van der Waals surface area contributed by atoms with Crippen LogP contribution in [0.2, 0.25) is 0 Å². The van der Waals surface area contributed by atoms with Gasteiger partial charge in [-0.2, -0.15) is 0 Å². The number of aromatic nitrogens is 1. The van der Waals surface area contributed by atoms with E-state index in [1.807, 2.05) is 18.2 Å². The molecule has 2 rings (SSSR count). The second-order valence-electron chi connectivity index (χ2n) is 5.37. The molecule has 0 aromatic carbocycles. The molecule has 1 atom stereocenters. The highest BCUT2D eigenvalue weighted by Crippen LogP contribution is 2.17. The number of nitrogens with zero attached hydrogens (tertiary/aromatic N) is 3. The van der Waals surface area contributed by atoms with E-state index in [0.29, 0.717) is 12.1 Å². The van der Waals surface area contributed by atoms with E-state index in [9.17, 15) is 9.90 Å². The molecule has 1 aromatic rings. The summed E-state index contributed by atoms with van der Waals surface area (Å²) in [6.07, 6.45) is 0.397. The summed E-state index contributed by atoms with van der Waals surface area (Å²) in [6, 6.07) is 5.31. The SMILES string of the molecule is CCC(=O)N[C@H](CO)c1cccc(N2CCN(C)CC2)n1. The van der Waals surface area contributed by atoms with Gasteiger partial charge in [-0.3, -0.25) is 4.79 Å². The van der Waals surface area contributed by atoms with E-state index >= 15 is 0 Å². The summed E-state index contributed by atoms with van der Waals surface area (Å²) in [5.74, 6) is 0.825. The van der Waals surface area contributed by atoms with Crippen LogP contribution in [-0.2, 0) is 4.79 Å². The minimum atomic E-state index is -0.440. The Morgan fingerprint density at radius 2 is 2.10 bits per heavy atom. The van der Waals surface area contributed by atoms with E-state index in [1.165, 1.54) is 0 Å². The van der Waals surface area contributed by atoms with Crippen molar-refractivity contribution >= 4 is 11.7 Å². The fraction of sp³-hybridized carbons (Fsp3) is 0.600. The van der Waals surface area contributed by atoms with Gasteiger partial charge in [0.2, 0.25) is 5.91 Å². The molecule has 1 aliphatic rings. The zero-order valence-corrected chi connectivity index (χ0v) is 12.7. The number of piperazine rings is 1. The lowest BCUT2D eigenvalue weighted by atomic mass is 10.2. The number of aliphatic hydroxyl groups is 1. The van der Waals surface area contributed by atoms with E-state index in [2.05, 4.69) is 27.1 Å². The summed E-state index contributed by atoms with van der Waals surface area (Å²) in [5, 5.41) is 12.3. The Labute approximate surface area is 125 Å². The van der Waals surface area contributed by atoms with Crippen LogP contribution >= 0.6 is 0 Å². The minimum absolute atomic E-state index is 0.0825. The van der Waals surface area contributed by atoms with Gasteiger partial charge >= 0.3 is 0 Å². The number of amides is 1. The fourth-order valence-electron chi connectivity index (χ4n) is 2.35. The zero-order valence-electron chi connectivity index (χ0n) is 12.7. The number of aliphatic hydroxyl groups excluding tert-OH is 1. The summed E-state index contributed by atoms with van der Waals surface area (Å²) in [6.45, 7) is 5.56. The first kappa shape index (κ1) is 15.7. The number of likely N-dealkylation sites (N-methyl/N-ethyl adjacent to an activating group) is 1. The van der Waals surface area contributed by atoms with Gasteiger partial charge in [0.15, 0.2) is 0 Å². The summed E-state index contributed by atoms with van der Waals surface area (Å²) < 4.78 is 0. The summed E-state index contributed by atoms with van der Waals surface area (Å²) in [7, 11) is 2.11. The predicted molar refractivity (Wildman–Crippen MR) is 82.2 cm³/mol. The molecule has 21 heavy (non-hydrogen) atoms. The van der Waals surface area contributed by atoms with Crippen molar-refractivity contribution in [1.29, 1.82) is 0 Å². The first-order valence-electron chi connectivity index (χ1n) is 7.44. The van der Waals surface area contributed by atoms with Crippen LogP contribution < -0.4 is 10.2 Å². The van der Waals surface area contributed by atoms with Gasteiger partial charge < -0.3 is 20.2 Å². The summed E-state index contributed by atoms with van der Waals surface area (Å²) >= 11 is 0. The molecule has 0 radical (unpaired) electrons.